The summed E-state index contributed by atoms with van der Waals surface area (Å²) in [4.78, 5) is 25.3. The third-order valence-corrected chi connectivity index (χ3v) is 4.68. The number of carbonyl (C=O) groups excluding carboxylic acids is 1. The maximum atomic E-state index is 12.7. The maximum Gasteiger partial charge on any atom is 0.435 e. The van der Waals surface area contributed by atoms with Crippen LogP contribution in [0.25, 0.3) is 0 Å². The van der Waals surface area contributed by atoms with Crippen LogP contribution in [0.3, 0.4) is 0 Å². The van der Waals surface area contributed by atoms with Crippen molar-refractivity contribution < 1.29 is 27.9 Å². The number of benzene rings is 1. The molecule has 1 N–H and O–H groups in total. The van der Waals surface area contributed by atoms with Gasteiger partial charge < -0.3 is 10.0 Å². The number of nitrogens with zero attached hydrogens (tertiary/aromatic N) is 3. The van der Waals surface area contributed by atoms with E-state index in [-0.39, 0.29) is 23.9 Å². The van der Waals surface area contributed by atoms with Gasteiger partial charge in [0.25, 0.3) is 0 Å². The van der Waals surface area contributed by atoms with Crippen molar-refractivity contribution in [2.75, 3.05) is 13.1 Å². The lowest BCUT2D eigenvalue weighted by Crippen LogP contribution is -2.40. The van der Waals surface area contributed by atoms with Crippen LogP contribution in [0.2, 0.25) is 0 Å². The summed E-state index contributed by atoms with van der Waals surface area (Å²) in [7, 11) is 0. The number of carboxylic acid groups (broad SMARTS) is 1. The minimum Gasteiger partial charge on any atom is -0.478 e. The van der Waals surface area contributed by atoms with E-state index in [1.807, 2.05) is 0 Å². The number of carboxylic acids is 1. The van der Waals surface area contributed by atoms with Crippen molar-refractivity contribution in [2.24, 2.45) is 0 Å². The Morgan fingerprint density at radius 3 is 2.41 bits per heavy atom. The average molecular weight is 381 g/mol. The highest BCUT2D eigenvalue weighted by Crippen LogP contribution is 2.29. The monoisotopic (exact) mass is 381 g/mol. The molecule has 6 nitrogen and oxygen atoms in total. The first-order valence-corrected chi connectivity index (χ1v) is 8.47. The Morgan fingerprint density at radius 1 is 1.15 bits per heavy atom. The topological polar surface area (TPSA) is 75.4 Å². The number of hydrogen-bond donors (Lipinski definition) is 1. The van der Waals surface area contributed by atoms with Gasteiger partial charge in [-0.05, 0) is 30.5 Å². The Kier molecular flexibility index (Phi) is 5.20. The summed E-state index contributed by atoms with van der Waals surface area (Å²) in [6.07, 6.45) is -2.20. The van der Waals surface area contributed by atoms with Crippen molar-refractivity contribution in [3.8, 4) is 0 Å². The molecule has 3 rings (SSSR count). The van der Waals surface area contributed by atoms with E-state index in [0.717, 1.165) is 6.07 Å². The number of halogens is 3. The number of carbonyl (C=O) groups is 2. The normalized spacial score (nSPS) is 15.7. The largest absolute Gasteiger partial charge is 0.478 e. The number of hydrogen-bond acceptors (Lipinski definition) is 3. The van der Waals surface area contributed by atoms with Crippen molar-refractivity contribution in [3.63, 3.8) is 0 Å². The first-order chi connectivity index (χ1) is 12.8. The highest BCUT2D eigenvalue weighted by atomic mass is 19.4. The molecular formula is C18H18F3N3O3. The Balaban J connectivity index is 1.60. The molecule has 0 radical (unpaired) electrons. The van der Waals surface area contributed by atoms with Gasteiger partial charge in [0.1, 0.15) is 0 Å². The predicted octanol–water partition coefficient (Wildman–Crippen LogP) is 3.01. The number of likely N-dealkylation sites (tertiary alicyclic amines) is 1. The van der Waals surface area contributed by atoms with Crippen LogP contribution in [0.15, 0.2) is 36.5 Å². The fraction of sp³-hybridized carbons (Fsp3) is 0.389. The van der Waals surface area contributed by atoms with Crippen LogP contribution in [0.5, 0.6) is 0 Å². The van der Waals surface area contributed by atoms with Crippen LogP contribution >= 0.6 is 0 Å². The first-order valence-electron chi connectivity index (χ1n) is 8.47. The number of aromatic carboxylic acids is 1. The van der Waals surface area contributed by atoms with Crippen molar-refractivity contribution >= 4 is 11.9 Å². The zero-order valence-electron chi connectivity index (χ0n) is 14.3. The van der Waals surface area contributed by atoms with Gasteiger partial charge in [-0.25, -0.2) is 4.79 Å². The molecule has 2 aromatic rings. The molecule has 0 bridgehead atoms. The van der Waals surface area contributed by atoms with Crippen molar-refractivity contribution in [3.05, 3.63) is 53.3 Å². The van der Waals surface area contributed by atoms with Gasteiger partial charge >= 0.3 is 12.1 Å². The molecule has 0 atom stereocenters. The summed E-state index contributed by atoms with van der Waals surface area (Å²) >= 11 is 0. The molecule has 1 saturated heterocycles. The number of aromatic nitrogens is 2. The third kappa shape index (κ3) is 4.29. The second-order valence-corrected chi connectivity index (χ2v) is 6.43. The second kappa shape index (κ2) is 7.42. The fourth-order valence-corrected chi connectivity index (χ4v) is 3.23. The smallest absolute Gasteiger partial charge is 0.435 e. The number of alkyl halides is 3. The molecule has 1 aliphatic rings. The van der Waals surface area contributed by atoms with Crippen LogP contribution < -0.4 is 0 Å². The highest BCUT2D eigenvalue weighted by Gasteiger charge is 2.34. The fourth-order valence-electron chi connectivity index (χ4n) is 3.23. The van der Waals surface area contributed by atoms with Gasteiger partial charge in [0.2, 0.25) is 5.91 Å². The lowest BCUT2D eigenvalue weighted by atomic mass is 10.0. The summed E-state index contributed by atoms with van der Waals surface area (Å²) in [5, 5.41) is 12.8. The van der Waals surface area contributed by atoms with E-state index in [1.165, 1.54) is 16.9 Å². The standard InChI is InChI=1S/C18H18F3N3O3/c19-18(20,21)15-7-10-24(22-15)13-5-8-23(9-6-13)16(25)11-12-3-1-2-4-14(12)17(26)27/h1-4,7,10,13H,5-6,8-9,11H2,(H,26,27). The van der Waals surface area contributed by atoms with Gasteiger partial charge in [-0.3, -0.25) is 9.48 Å². The van der Waals surface area contributed by atoms with E-state index in [1.54, 1.807) is 23.1 Å². The number of piperidine rings is 1. The van der Waals surface area contributed by atoms with E-state index >= 15 is 0 Å². The highest BCUT2D eigenvalue weighted by molar-refractivity contribution is 5.91. The van der Waals surface area contributed by atoms with Gasteiger partial charge in [-0.15, -0.1) is 0 Å². The summed E-state index contributed by atoms with van der Waals surface area (Å²) in [5.74, 6) is -1.28. The molecule has 1 aromatic carbocycles. The Labute approximate surface area is 153 Å². The number of rotatable bonds is 4. The summed E-state index contributed by atoms with van der Waals surface area (Å²) < 4.78 is 39.3. The summed E-state index contributed by atoms with van der Waals surface area (Å²) in [6.45, 7) is 0.778. The molecule has 2 heterocycles. The lowest BCUT2D eigenvalue weighted by molar-refractivity contribution is -0.141. The molecule has 1 fully saturated rings. The molecular weight excluding hydrogens is 363 g/mol. The van der Waals surface area contributed by atoms with Gasteiger partial charge in [0.05, 0.1) is 18.0 Å². The van der Waals surface area contributed by atoms with Crippen LogP contribution in [0.4, 0.5) is 13.2 Å². The minimum atomic E-state index is -4.47. The second-order valence-electron chi connectivity index (χ2n) is 6.43. The summed E-state index contributed by atoms with van der Waals surface area (Å²) in [5.41, 5.74) is -0.387. The van der Waals surface area contributed by atoms with Gasteiger partial charge in [0.15, 0.2) is 5.69 Å². The average Bonchev–Trinajstić information content (AvgIpc) is 3.12. The minimum absolute atomic E-state index is 0.0207. The molecule has 9 heteroatoms. The summed E-state index contributed by atoms with van der Waals surface area (Å²) in [6, 6.07) is 7.08. The van der Waals surface area contributed by atoms with Gasteiger partial charge in [-0.2, -0.15) is 18.3 Å². The Hall–Kier alpha value is -2.84. The van der Waals surface area contributed by atoms with Crippen LogP contribution in [-0.2, 0) is 17.4 Å². The van der Waals surface area contributed by atoms with Crippen LogP contribution in [0.1, 0.15) is 40.5 Å². The molecule has 0 saturated carbocycles. The zero-order chi connectivity index (χ0) is 19.6. The maximum absolute atomic E-state index is 12.7. The SMILES string of the molecule is O=C(O)c1ccccc1CC(=O)N1CCC(n2ccc(C(F)(F)F)n2)CC1. The Morgan fingerprint density at radius 2 is 1.81 bits per heavy atom. The first kappa shape index (κ1) is 18.9. The quantitative estimate of drug-likeness (QED) is 0.884. The zero-order valence-corrected chi connectivity index (χ0v) is 14.3. The molecule has 0 spiro atoms. The molecule has 144 valence electrons. The van der Waals surface area contributed by atoms with Gasteiger partial charge in [-0.1, -0.05) is 18.2 Å². The molecule has 1 aliphatic heterocycles. The van der Waals surface area contributed by atoms with E-state index in [0.29, 0.717) is 31.5 Å². The van der Waals surface area contributed by atoms with E-state index in [2.05, 4.69) is 5.10 Å². The van der Waals surface area contributed by atoms with Crippen molar-refractivity contribution in [1.82, 2.24) is 14.7 Å². The van der Waals surface area contributed by atoms with Crippen LogP contribution in [-0.4, -0.2) is 44.8 Å². The molecule has 1 amide bonds. The number of amides is 1. The molecule has 0 aliphatic carbocycles. The Bertz CT molecular complexity index is 840. The van der Waals surface area contributed by atoms with Gasteiger partial charge in [0, 0.05) is 19.3 Å². The molecule has 1 aromatic heterocycles. The predicted molar refractivity (Wildman–Crippen MR) is 89.2 cm³/mol. The third-order valence-electron chi connectivity index (χ3n) is 4.68. The van der Waals surface area contributed by atoms with Crippen molar-refractivity contribution in [1.29, 1.82) is 0 Å². The van der Waals surface area contributed by atoms with Crippen LogP contribution in [0, 0.1) is 0 Å². The van der Waals surface area contributed by atoms with E-state index < -0.39 is 17.8 Å². The molecule has 0 unspecified atom stereocenters. The molecule has 27 heavy (non-hydrogen) atoms. The van der Waals surface area contributed by atoms with E-state index in [9.17, 15) is 27.9 Å². The lowest BCUT2D eigenvalue weighted by Gasteiger charge is -2.32. The van der Waals surface area contributed by atoms with E-state index in [4.69, 9.17) is 0 Å². The van der Waals surface area contributed by atoms with Crippen molar-refractivity contribution in [2.45, 2.75) is 31.5 Å².